The van der Waals surface area contributed by atoms with Crippen LogP contribution in [-0.2, 0) is 14.3 Å². The molecule has 1 unspecified atom stereocenters. The highest BCUT2D eigenvalue weighted by Crippen LogP contribution is 2.36. The first-order chi connectivity index (χ1) is 18.0. The smallest absolute Gasteiger partial charge is 0.430 e. The quantitative estimate of drug-likeness (QED) is 0.304. The maximum Gasteiger partial charge on any atom is 0.430 e. The van der Waals surface area contributed by atoms with E-state index in [0.29, 0.717) is 5.92 Å². The first-order valence-electron chi connectivity index (χ1n) is 12.8. The van der Waals surface area contributed by atoms with Crippen LogP contribution in [0.25, 0.3) is 0 Å². The van der Waals surface area contributed by atoms with Gasteiger partial charge in [-0.2, -0.15) is 13.2 Å². The van der Waals surface area contributed by atoms with E-state index in [1.54, 1.807) is 0 Å². The number of allylic oxidation sites excluding steroid dienone is 1. The number of aliphatic carboxylic acids is 1. The van der Waals surface area contributed by atoms with Gasteiger partial charge in [0.2, 0.25) is 0 Å². The van der Waals surface area contributed by atoms with Crippen molar-refractivity contribution in [1.82, 2.24) is 0 Å². The lowest BCUT2D eigenvalue weighted by molar-refractivity contribution is -0.945. The molecule has 0 spiro atoms. The Morgan fingerprint density at radius 2 is 1.61 bits per heavy atom. The monoisotopic (exact) mass is 532 g/mol. The first-order valence-corrected chi connectivity index (χ1v) is 12.8. The average Bonchev–Trinajstić information content (AvgIpc) is 2.88. The Morgan fingerprint density at radius 1 is 1.05 bits per heavy atom. The number of quaternary nitrogens is 1. The summed E-state index contributed by atoms with van der Waals surface area (Å²) < 4.78 is 38.9. The lowest BCUT2D eigenvalue weighted by Gasteiger charge is -2.52. The van der Waals surface area contributed by atoms with Gasteiger partial charge in [-0.15, -0.1) is 0 Å². The fraction of sp³-hybridized carbons (Fsp3) is 0.448. The van der Waals surface area contributed by atoms with Crippen molar-refractivity contribution >= 4 is 17.6 Å². The van der Waals surface area contributed by atoms with Crippen LogP contribution in [-0.4, -0.2) is 54.9 Å². The van der Waals surface area contributed by atoms with Crippen molar-refractivity contribution in [2.45, 2.75) is 51.4 Å². The van der Waals surface area contributed by atoms with Gasteiger partial charge in [-0.3, -0.25) is 0 Å². The molecule has 3 aliphatic heterocycles. The summed E-state index contributed by atoms with van der Waals surface area (Å²) in [7, 11) is 0. The minimum atomic E-state index is -5.19. The van der Waals surface area contributed by atoms with Gasteiger partial charge < -0.3 is 24.4 Å². The van der Waals surface area contributed by atoms with Gasteiger partial charge in [-0.1, -0.05) is 60.2 Å². The third-order valence-corrected chi connectivity index (χ3v) is 7.15. The summed E-state index contributed by atoms with van der Waals surface area (Å²) >= 11 is 0. The van der Waals surface area contributed by atoms with Crippen LogP contribution in [0.1, 0.15) is 44.7 Å². The molecule has 2 bridgehead atoms. The molecule has 9 heteroatoms. The number of hydrogen-bond acceptors (Lipinski definition) is 5. The summed E-state index contributed by atoms with van der Waals surface area (Å²) in [6.07, 6.45) is 0.592. The van der Waals surface area contributed by atoms with Crippen LogP contribution in [0.15, 0.2) is 72.3 Å². The standard InChI is InChI=1S/C27H35N2O2.C2HF3O2/c1-21(2)10-9-17-29-18-15-22(16-19-29)25(20-29)31-27(30)26(23-11-5-3-6-12-23)28-24-13-7-4-8-14-24;3-2(4,5)1(6)7/h3-8,10-14,22,25-26,28H,9,15-20H2,1-2H3;(H,6,7)/q+1;/p-1/t22?,25-,26?,29?;/m0./s1. The molecule has 206 valence electrons. The van der Waals surface area contributed by atoms with Crippen molar-refractivity contribution in [1.29, 1.82) is 0 Å². The highest BCUT2D eigenvalue weighted by molar-refractivity contribution is 5.81. The molecule has 0 aliphatic carbocycles. The number of benzene rings is 2. The van der Waals surface area contributed by atoms with Crippen LogP contribution in [0.5, 0.6) is 0 Å². The lowest BCUT2D eigenvalue weighted by Crippen LogP contribution is -2.64. The maximum absolute atomic E-state index is 13.4. The van der Waals surface area contributed by atoms with Crippen molar-refractivity contribution < 1.29 is 37.1 Å². The van der Waals surface area contributed by atoms with Gasteiger partial charge in [0, 0.05) is 30.9 Å². The molecule has 38 heavy (non-hydrogen) atoms. The second-order valence-corrected chi connectivity index (χ2v) is 10.2. The first kappa shape index (κ1) is 29.2. The Labute approximate surface area is 221 Å². The van der Waals surface area contributed by atoms with E-state index in [2.05, 4.69) is 25.2 Å². The second-order valence-electron chi connectivity index (χ2n) is 10.2. The Balaban J connectivity index is 0.000000505. The highest BCUT2D eigenvalue weighted by Gasteiger charge is 2.47. The molecule has 3 heterocycles. The third-order valence-electron chi connectivity index (χ3n) is 7.15. The van der Waals surface area contributed by atoms with Gasteiger partial charge in [0.15, 0.2) is 12.1 Å². The third kappa shape index (κ3) is 8.34. The van der Waals surface area contributed by atoms with Gasteiger partial charge in [0.25, 0.3) is 0 Å². The highest BCUT2D eigenvalue weighted by atomic mass is 19.4. The zero-order valence-corrected chi connectivity index (χ0v) is 21.7. The van der Waals surface area contributed by atoms with Gasteiger partial charge in [0.05, 0.1) is 19.6 Å². The van der Waals surface area contributed by atoms with E-state index in [9.17, 15) is 18.0 Å². The van der Waals surface area contributed by atoms with E-state index >= 15 is 0 Å². The molecule has 2 aromatic rings. The topological polar surface area (TPSA) is 78.5 Å². The van der Waals surface area contributed by atoms with Crippen molar-refractivity contribution in [3.05, 3.63) is 77.9 Å². The van der Waals surface area contributed by atoms with Crippen molar-refractivity contribution in [2.75, 3.05) is 31.5 Å². The Morgan fingerprint density at radius 3 is 2.13 bits per heavy atom. The number of para-hydroxylation sites is 1. The number of piperidine rings is 3. The number of rotatable bonds is 8. The van der Waals surface area contributed by atoms with E-state index in [1.807, 2.05) is 60.7 Å². The molecule has 6 nitrogen and oxygen atoms in total. The molecule has 2 aromatic carbocycles. The Hall–Kier alpha value is -3.33. The molecule has 3 aliphatic rings. The number of carbonyl (C=O) groups excluding carboxylic acids is 2. The molecule has 2 atom stereocenters. The summed E-state index contributed by atoms with van der Waals surface area (Å²) in [6, 6.07) is 19.3. The summed E-state index contributed by atoms with van der Waals surface area (Å²) in [6.45, 7) is 8.88. The van der Waals surface area contributed by atoms with Crippen molar-refractivity contribution in [3.8, 4) is 0 Å². The number of nitrogens with one attached hydrogen (secondary N) is 1. The number of alkyl halides is 3. The zero-order chi connectivity index (χ0) is 27.8. The predicted molar refractivity (Wildman–Crippen MR) is 137 cm³/mol. The van der Waals surface area contributed by atoms with Gasteiger partial charge in [-0.25, -0.2) is 4.79 Å². The van der Waals surface area contributed by atoms with Crippen molar-refractivity contribution in [3.63, 3.8) is 0 Å². The zero-order valence-electron chi connectivity index (χ0n) is 21.7. The molecule has 0 aromatic heterocycles. The van der Waals surface area contributed by atoms with E-state index in [4.69, 9.17) is 14.6 Å². The number of ether oxygens (including phenoxy) is 1. The van der Waals surface area contributed by atoms with Crippen LogP contribution >= 0.6 is 0 Å². The maximum atomic E-state index is 13.4. The fourth-order valence-corrected chi connectivity index (χ4v) is 5.14. The predicted octanol–water partition coefficient (Wildman–Crippen LogP) is 4.65. The molecule has 1 N–H and O–H groups in total. The number of fused-ring (bicyclic) bond motifs is 3. The van der Waals surface area contributed by atoms with Crippen LogP contribution < -0.4 is 10.4 Å². The molecule has 5 rings (SSSR count). The molecular formula is C29H35F3N2O4. The number of carboxylic acids is 1. The average molecular weight is 533 g/mol. The van der Waals surface area contributed by atoms with Gasteiger partial charge in [-0.05, 0) is 31.5 Å². The summed E-state index contributed by atoms with van der Waals surface area (Å²) in [5, 5.41) is 12.2. The van der Waals surface area contributed by atoms with Gasteiger partial charge in [0.1, 0.15) is 12.5 Å². The number of carbonyl (C=O) groups is 2. The number of nitrogens with zero attached hydrogens (tertiary/aromatic N) is 1. The molecule has 3 fully saturated rings. The van der Waals surface area contributed by atoms with Crippen LogP contribution in [0.4, 0.5) is 18.9 Å². The molecule has 0 amide bonds. The van der Waals surface area contributed by atoms with E-state index in [0.717, 1.165) is 48.1 Å². The van der Waals surface area contributed by atoms with Gasteiger partial charge >= 0.3 is 12.1 Å². The summed E-state index contributed by atoms with van der Waals surface area (Å²) in [4.78, 5) is 22.2. The minimum Gasteiger partial charge on any atom is -0.542 e. The Bertz CT molecular complexity index is 1080. The Kier molecular flexibility index (Phi) is 9.96. The summed E-state index contributed by atoms with van der Waals surface area (Å²) in [5.74, 6) is -2.68. The SMILES string of the molecule is CC(C)=CCC[N+]12CCC(CC1)[C@@H](OC(=O)C(Nc1ccccc1)c1ccccc1)C2.O=C([O-])C(F)(F)F. The van der Waals surface area contributed by atoms with Crippen LogP contribution in [0.3, 0.4) is 0 Å². The number of hydrogen-bond donors (Lipinski definition) is 1. The number of anilines is 1. The van der Waals surface area contributed by atoms with Crippen LogP contribution in [0.2, 0.25) is 0 Å². The second kappa shape index (κ2) is 13.0. The number of carboxylic acid groups (broad SMARTS) is 1. The van der Waals surface area contributed by atoms with Crippen molar-refractivity contribution in [2.24, 2.45) is 5.92 Å². The number of esters is 1. The fourth-order valence-electron chi connectivity index (χ4n) is 5.14. The summed E-state index contributed by atoms with van der Waals surface area (Å²) in [5.41, 5.74) is 3.24. The largest absolute Gasteiger partial charge is 0.542 e. The molecular weight excluding hydrogens is 497 g/mol. The van der Waals surface area contributed by atoms with E-state index in [1.165, 1.54) is 18.7 Å². The normalized spacial score (nSPS) is 22.9. The molecule has 0 radical (unpaired) electrons. The lowest BCUT2D eigenvalue weighted by atomic mass is 9.83. The number of halogens is 3. The van der Waals surface area contributed by atoms with E-state index in [-0.39, 0.29) is 12.1 Å². The minimum absolute atomic E-state index is 0.0190. The molecule has 0 saturated carbocycles. The molecule has 3 saturated heterocycles. The van der Waals surface area contributed by atoms with E-state index < -0.39 is 18.2 Å². The van der Waals surface area contributed by atoms with Crippen LogP contribution in [0, 0.1) is 5.92 Å².